The number of benzene rings is 1. The highest BCUT2D eigenvalue weighted by atomic mass is 32.2. The smallest absolute Gasteiger partial charge is 0.258 e. The van der Waals surface area contributed by atoms with E-state index in [1.54, 1.807) is 35.4 Å². The Morgan fingerprint density at radius 1 is 1.06 bits per heavy atom. The van der Waals surface area contributed by atoms with Crippen LogP contribution in [0.25, 0.3) is 5.65 Å². The van der Waals surface area contributed by atoms with E-state index in [9.17, 15) is 18.0 Å². The van der Waals surface area contributed by atoms with Gasteiger partial charge in [0.05, 0.1) is 17.6 Å². The zero-order chi connectivity index (χ0) is 23.6. The first-order valence-corrected chi connectivity index (χ1v) is 12.6. The van der Waals surface area contributed by atoms with Crippen molar-refractivity contribution in [2.45, 2.75) is 13.5 Å². The van der Waals surface area contributed by atoms with Crippen LogP contribution in [-0.4, -0.2) is 72.5 Å². The summed E-state index contributed by atoms with van der Waals surface area (Å²) in [4.78, 5) is 33.6. The van der Waals surface area contributed by atoms with Crippen LogP contribution in [0.4, 0.5) is 5.69 Å². The second-order valence-corrected chi connectivity index (χ2v) is 10.1. The molecule has 4 rings (SSSR count). The number of hydrogen-bond acceptors (Lipinski definition) is 6. The second kappa shape index (κ2) is 9.32. The van der Waals surface area contributed by atoms with Gasteiger partial charge in [-0.25, -0.2) is 13.4 Å². The van der Waals surface area contributed by atoms with Crippen LogP contribution >= 0.6 is 0 Å². The quantitative estimate of drug-likeness (QED) is 0.537. The molecule has 1 saturated heterocycles. The first kappa shape index (κ1) is 22.9. The third kappa shape index (κ3) is 5.23. The van der Waals surface area contributed by atoms with Crippen LogP contribution in [0.2, 0.25) is 0 Å². The molecular weight excluding hydrogens is 442 g/mol. The van der Waals surface area contributed by atoms with Gasteiger partial charge in [0.1, 0.15) is 12.2 Å². The summed E-state index contributed by atoms with van der Waals surface area (Å²) in [6, 6.07) is 14.1. The minimum absolute atomic E-state index is 0.124. The van der Waals surface area contributed by atoms with Gasteiger partial charge in [-0.05, 0) is 30.7 Å². The van der Waals surface area contributed by atoms with E-state index in [4.69, 9.17) is 0 Å². The van der Waals surface area contributed by atoms with Gasteiger partial charge in [0, 0.05) is 45.0 Å². The fourth-order valence-electron chi connectivity index (χ4n) is 4.02. The van der Waals surface area contributed by atoms with E-state index in [1.807, 2.05) is 25.1 Å². The summed E-state index contributed by atoms with van der Waals surface area (Å²) in [6.45, 7) is 4.31. The highest BCUT2D eigenvalue weighted by Crippen LogP contribution is 2.22. The number of para-hydroxylation sites is 1. The lowest BCUT2D eigenvalue weighted by Gasteiger charge is -2.35. The summed E-state index contributed by atoms with van der Waals surface area (Å²) in [5.74, 6) is -0.231. The zero-order valence-electron chi connectivity index (χ0n) is 18.7. The predicted molar refractivity (Wildman–Crippen MR) is 127 cm³/mol. The molecule has 1 aliphatic rings. The van der Waals surface area contributed by atoms with E-state index in [-0.39, 0.29) is 18.0 Å². The Morgan fingerprint density at radius 3 is 2.45 bits per heavy atom. The van der Waals surface area contributed by atoms with Gasteiger partial charge < -0.3 is 4.90 Å². The number of aryl methyl sites for hydroxylation is 1. The lowest BCUT2D eigenvalue weighted by atomic mass is 10.2. The third-order valence-corrected chi connectivity index (χ3v) is 6.92. The van der Waals surface area contributed by atoms with Gasteiger partial charge >= 0.3 is 0 Å². The Balaban J connectivity index is 1.40. The monoisotopic (exact) mass is 469 g/mol. The third-order valence-electron chi connectivity index (χ3n) is 5.80. The Morgan fingerprint density at radius 2 is 1.76 bits per heavy atom. The van der Waals surface area contributed by atoms with Crippen molar-refractivity contribution in [3.05, 3.63) is 76.3 Å². The number of aromatic nitrogens is 2. The topological polar surface area (TPSA) is 95.3 Å². The van der Waals surface area contributed by atoms with Crippen molar-refractivity contribution < 1.29 is 13.2 Å². The number of pyridine rings is 1. The molecule has 0 unspecified atom stereocenters. The van der Waals surface area contributed by atoms with Gasteiger partial charge in [0.15, 0.2) is 0 Å². The number of carbonyl (C=O) groups is 1. The van der Waals surface area contributed by atoms with Crippen LogP contribution in [0.5, 0.6) is 0 Å². The maximum absolute atomic E-state index is 12.9. The molecule has 0 spiro atoms. The van der Waals surface area contributed by atoms with Crippen molar-refractivity contribution in [2.24, 2.45) is 0 Å². The Kier molecular flexibility index (Phi) is 6.48. The number of carbonyl (C=O) groups excluding carboxylic acids is 1. The highest BCUT2D eigenvalue weighted by Gasteiger charge is 2.27. The fourth-order valence-corrected chi connectivity index (χ4v) is 4.92. The van der Waals surface area contributed by atoms with Gasteiger partial charge in [-0.1, -0.05) is 24.3 Å². The maximum Gasteiger partial charge on any atom is 0.258 e. The lowest BCUT2D eigenvalue weighted by Crippen LogP contribution is -2.51. The zero-order valence-corrected chi connectivity index (χ0v) is 19.5. The summed E-state index contributed by atoms with van der Waals surface area (Å²) < 4.78 is 27.5. The van der Waals surface area contributed by atoms with E-state index in [1.165, 1.54) is 14.8 Å². The number of hydrogen-bond donors (Lipinski definition) is 0. The molecule has 0 N–H and O–H groups in total. The average Bonchev–Trinajstić information content (AvgIpc) is 2.78. The van der Waals surface area contributed by atoms with Crippen LogP contribution in [0.3, 0.4) is 0 Å². The van der Waals surface area contributed by atoms with Gasteiger partial charge in [0.2, 0.25) is 15.9 Å². The summed E-state index contributed by atoms with van der Waals surface area (Å²) >= 11 is 0. The first-order valence-electron chi connectivity index (χ1n) is 10.7. The molecule has 2 aromatic heterocycles. The number of amides is 1. The Bertz CT molecular complexity index is 1330. The van der Waals surface area contributed by atoms with Gasteiger partial charge in [-0.15, -0.1) is 0 Å². The number of fused-ring (bicyclic) bond motifs is 1. The van der Waals surface area contributed by atoms with Crippen LogP contribution in [0.1, 0.15) is 11.3 Å². The summed E-state index contributed by atoms with van der Waals surface area (Å²) in [7, 11) is -3.61. The molecular formula is C23H27N5O4S. The average molecular weight is 470 g/mol. The molecule has 0 saturated carbocycles. The highest BCUT2D eigenvalue weighted by molar-refractivity contribution is 7.92. The number of sulfonamides is 1. The van der Waals surface area contributed by atoms with E-state index in [2.05, 4.69) is 9.88 Å². The minimum atomic E-state index is -3.61. The maximum atomic E-state index is 12.9. The molecule has 0 aliphatic carbocycles. The minimum Gasteiger partial charge on any atom is -0.339 e. The van der Waals surface area contributed by atoms with Crippen LogP contribution in [0.15, 0.2) is 59.5 Å². The van der Waals surface area contributed by atoms with E-state index >= 15 is 0 Å². The molecule has 33 heavy (non-hydrogen) atoms. The van der Waals surface area contributed by atoms with Gasteiger partial charge in [-0.3, -0.25) is 23.2 Å². The van der Waals surface area contributed by atoms with Crippen LogP contribution < -0.4 is 9.86 Å². The summed E-state index contributed by atoms with van der Waals surface area (Å²) in [5, 5.41) is 0. The normalized spacial score (nSPS) is 15.0. The molecule has 1 aromatic carbocycles. The van der Waals surface area contributed by atoms with Crippen molar-refractivity contribution >= 4 is 27.3 Å². The number of rotatable bonds is 6. The number of piperazine rings is 1. The van der Waals surface area contributed by atoms with Crippen molar-refractivity contribution in [2.75, 3.05) is 43.3 Å². The molecule has 1 fully saturated rings. The van der Waals surface area contributed by atoms with E-state index in [0.717, 1.165) is 11.8 Å². The molecule has 0 bridgehead atoms. The molecule has 10 heteroatoms. The second-order valence-electron chi connectivity index (χ2n) is 8.23. The lowest BCUT2D eigenvalue weighted by molar-refractivity contribution is -0.131. The Labute approximate surface area is 192 Å². The first-order chi connectivity index (χ1) is 15.7. The molecule has 1 aliphatic heterocycles. The van der Waals surface area contributed by atoms with Crippen LogP contribution in [0, 0.1) is 6.92 Å². The fraction of sp³-hybridized carbons (Fsp3) is 0.348. The van der Waals surface area contributed by atoms with Crippen molar-refractivity contribution in [3.63, 3.8) is 0 Å². The van der Waals surface area contributed by atoms with Gasteiger partial charge in [-0.2, -0.15) is 0 Å². The standard InChI is InChI=1S/C23H27N5O4S/c1-18-7-3-4-8-20(18)28(33(2,31)32)17-23(30)26-13-11-25(12-14-26)16-19-15-22(29)27-10-6-5-9-21(27)24-19/h3-10,15H,11-14,16-17H2,1-2H3. The molecule has 3 aromatic rings. The summed E-state index contributed by atoms with van der Waals surface area (Å²) in [5.41, 5.74) is 2.47. The number of anilines is 1. The van der Waals surface area contributed by atoms with E-state index in [0.29, 0.717) is 49.8 Å². The molecule has 0 atom stereocenters. The molecule has 1 amide bonds. The van der Waals surface area contributed by atoms with Gasteiger partial charge in [0.25, 0.3) is 5.56 Å². The summed E-state index contributed by atoms with van der Waals surface area (Å²) in [6.07, 6.45) is 2.80. The van der Waals surface area contributed by atoms with Crippen molar-refractivity contribution in [1.29, 1.82) is 0 Å². The van der Waals surface area contributed by atoms with Crippen molar-refractivity contribution in [3.8, 4) is 0 Å². The van der Waals surface area contributed by atoms with Crippen molar-refractivity contribution in [1.82, 2.24) is 19.2 Å². The SMILES string of the molecule is Cc1ccccc1N(CC(=O)N1CCN(Cc2cc(=O)n3ccccc3n2)CC1)S(C)(=O)=O. The molecule has 9 nitrogen and oxygen atoms in total. The van der Waals surface area contributed by atoms with Crippen LogP contribution in [-0.2, 0) is 21.4 Å². The molecule has 0 radical (unpaired) electrons. The largest absolute Gasteiger partial charge is 0.339 e. The molecule has 174 valence electrons. The molecule has 3 heterocycles. The predicted octanol–water partition coefficient (Wildman–Crippen LogP) is 1.11. The Hall–Kier alpha value is -3.24. The van der Waals surface area contributed by atoms with E-state index < -0.39 is 10.0 Å². The number of nitrogens with zero attached hydrogens (tertiary/aromatic N) is 5.